The Hall–Kier alpha value is -3.60. The maximum absolute atomic E-state index is 13.2. The predicted molar refractivity (Wildman–Crippen MR) is 132 cm³/mol. The van der Waals surface area contributed by atoms with Crippen molar-refractivity contribution in [3.8, 4) is 5.75 Å². The number of pyridine rings is 1. The van der Waals surface area contributed by atoms with Crippen molar-refractivity contribution >= 4 is 22.9 Å². The lowest BCUT2D eigenvalue weighted by Gasteiger charge is -2.34. The van der Waals surface area contributed by atoms with Gasteiger partial charge < -0.3 is 19.3 Å². The highest BCUT2D eigenvalue weighted by Gasteiger charge is 2.31. The SMILES string of the molecule is O=C(O)CC1CCN(CC(=O)N2CCc3c(n(Cc4ccc(OC(F)(F)F)cc4)c4ncccc34)C2)CC1. The number of nitrogens with zero attached hydrogens (tertiary/aromatic N) is 4. The monoisotopic (exact) mass is 530 g/mol. The quantitative estimate of drug-likeness (QED) is 0.496. The Morgan fingerprint density at radius 2 is 1.82 bits per heavy atom. The molecule has 38 heavy (non-hydrogen) atoms. The first kappa shape index (κ1) is 26.0. The molecule has 0 saturated carbocycles. The van der Waals surface area contributed by atoms with E-state index in [1.54, 1.807) is 18.3 Å². The zero-order valence-electron chi connectivity index (χ0n) is 20.8. The topological polar surface area (TPSA) is 87.9 Å². The van der Waals surface area contributed by atoms with E-state index >= 15 is 0 Å². The largest absolute Gasteiger partial charge is 0.573 e. The highest BCUT2D eigenvalue weighted by molar-refractivity contribution is 5.84. The number of halogens is 3. The number of alkyl halides is 3. The Balaban J connectivity index is 1.30. The third kappa shape index (κ3) is 5.93. The van der Waals surface area contributed by atoms with Crippen LogP contribution in [0.5, 0.6) is 5.75 Å². The van der Waals surface area contributed by atoms with Gasteiger partial charge in [-0.2, -0.15) is 0 Å². The molecule has 2 aliphatic rings. The third-order valence-electron chi connectivity index (χ3n) is 7.39. The van der Waals surface area contributed by atoms with E-state index in [-0.39, 0.29) is 24.0 Å². The number of carbonyl (C=O) groups excluding carboxylic acids is 1. The molecule has 0 radical (unpaired) electrons. The van der Waals surface area contributed by atoms with Crippen molar-refractivity contribution in [1.29, 1.82) is 0 Å². The number of carboxylic acid groups (broad SMARTS) is 1. The van der Waals surface area contributed by atoms with Gasteiger partial charge in [0.1, 0.15) is 11.4 Å². The van der Waals surface area contributed by atoms with E-state index < -0.39 is 12.3 Å². The molecular formula is C27H29F3N4O4. The molecular weight excluding hydrogens is 501 g/mol. The summed E-state index contributed by atoms with van der Waals surface area (Å²) >= 11 is 0. The van der Waals surface area contributed by atoms with Crippen LogP contribution in [-0.4, -0.2) is 68.9 Å². The number of fused-ring (bicyclic) bond motifs is 3. The van der Waals surface area contributed by atoms with Crippen molar-refractivity contribution in [2.24, 2.45) is 5.92 Å². The fraction of sp³-hybridized carbons (Fsp3) is 0.444. The number of hydrogen-bond donors (Lipinski definition) is 1. The molecule has 2 aromatic heterocycles. The average Bonchev–Trinajstić information content (AvgIpc) is 3.18. The Kier molecular flexibility index (Phi) is 7.29. The molecule has 1 fully saturated rings. The minimum Gasteiger partial charge on any atom is -0.481 e. The highest BCUT2D eigenvalue weighted by atomic mass is 19.4. The molecule has 0 aliphatic carbocycles. The van der Waals surface area contributed by atoms with Crippen LogP contribution in [0, 0.1) is 5.92 Å². The van der Waals surface area contributed by atoms with Gasteiger partial charge in [0.2, 0.25) is 5.91 Å². The lowest BCUT2D eigenvalue weighted by atomic mass is 9.93. The van der Waals surface area contributed by atoms with Crippen molar-refractivity contribution in [3.05, 3.63) is 59.4 Å². The van der Waals surface area contributed by atoms with E-state index in [9.17, 15) is 22.8 Å². The first-order valence-corrected chi connectivity index (χ1v) is 12.7. The molecule has 5 rings (SSSR count). The molecule has 4 heterocycles. The molecule has 11 heteroatoms. The molecule has 0 bridgehead atoms. The van der Waals surface area contributed by atoms with Crippen LogP contribution in [0.1, 0.15) is 36.1 Å². The first-order valence-electron chi connectivity index (χ1n) is 12.7. The molecule has 0 spiro atoms. The zero-order chi connectivity index (χ0) is 26.9. The van der Waals surface area contributed by atoms with Crippen molar-refractivity contribution in [3.63, 3.8) is 0 Å². The number of benzene rings is 1. The summed E-state index contributed by atoms with van der Waals surface area (Å²) in [5, 5.41) is 10.0. The number of piperidine rings is 1. The van der Waals surface area contributed by atoms with E-state index in [2.05, 4.69) is 14.6 Å². The number of aliphatic carboxylic acids is 1. The molecule has 0 atom stereocenters. The zero-order valence-corrected chi connectivity index (χ0v) is 20.8. The second-order valence-corrected chi connectivity index (χ2v) is 9.96. The van der Waals surface area contributed by atoms with Crippen molar-refractivity contribution in [1.82, 2.24) is 19.4 Å². The van der Waals surface area contributed by atoms with Gasteiger partial charge in [0.05, 0.1) is 13.1 Å². The molecule has 1 aromatic carbocycles. The molecule has 202 valence electrons. The van der Waals surface area contributed by atoms with Gasteiger partial charge in [-0.15, -0.1) is 13.2 Å². The summed E-state index contributed by atoms with van der Waals surface area (Å²) in [7, 11) is 0. The molecule has 1 N–H and O–H groups in total. The summed E-state index contributed by atoms with van der Waals surface area (Å²) < 4.78 is 43.6. The lowest BCUT2D eigenvalue weighted by Crippen LogP contribution is -2.45. The number of carboxylic acids is 1. The van der Waals surface area contributed by atoms with E-state index in [1.807, 2.05) is 21.6 Å². The van der Waals surface area contributed by atoms with Gasteiger partial charge >= 0.3 is 12.3 Å². The number of rotatable bonds is 7. The van der Waals surface area contributed by atoms with Crippen molar-refractivity contribution in [2.45, 2.75) is 45.1 Å². The molecule has 0 unspecified atom stereocenters. The minimum atomic E-state index is -4.74. The smallest absolute Gasteiger partial charge is 0.481 e. The van der Waals surface area contributed by atoms with Crippen LogP contribution >= 0.6 is 0 Å². The summed E-state index contributed by atoms with van der Waals surface area (Å²) in [5.41, 5.74) is 3.69. The number of aromatic nitrogens is 2. The van der Waals surface area contributed by atoms with Gasteiger partial charge in [0.15, 0.2) is 0 Å². The van der Waals surface area contributed by atoms with Crippen LogP contribution in [0.4, 0.5) is 13.2 Å². The first-order chi connectivity index (χ1) is 18.2. The molecule has 2 aliphatic heterocycles. The normalized spacial score (nSPS) is 17.0. The molecule has 1 amide bonds. The van der Waals surface area contributed by atoms with E-state index in [4.69, 9.17) is 5.11 Å². The standard InChI is InChI=1S/C27H29F3N4O4/c28-27(29,30)38-20-5-3-19(4-6-20)15-34-23-16-33(13-9-21(23)22-2-1-10-31-26(22)34)24(35)17-32-11-7-18(8-12-32)14-25(36)37/h1-6,10,18H,7-9,11-17H2,(H,36,37). The third-order valence-corrected chi connectivity index (χ3v) is 7.39. The van der Waals surface area contributed by atoms with Gasteiger partial charge in [-0.1, -0.05) is 12.1 Å². The number of ether oxygens (including phenoxy) is 1. The minimum absolute atomic E-state index is 0.0331. The van der Waals surface area contributed by atoms with Crippen LogP contribution in [0.3, 0.4) is 0 Å². The predicted octanol–water partition coefficient (Wildman–Crippen LogP) is 4.05. The van der Waals surface area contributed by atoms with Crippen LogP contribution in [-0.2, 0) is 29.1 Å². The maximum atomic E-state index is 13.2. The number of amides is 1. The fourth-order valence-electron chi connectivity index (χ4n) is 5.51. The summed E-state index contributed by atoms with van der Waals surface area (Å²) in [4.78, 5) is 32.7. The number of carbonyl (C=O) groups is 2. The molecule has 3 aromatic rings. The summed E-state index contributed by atoms with van der Waals surface area (Å²) in [6.45, 7) is 3.14. The molecule has 1 saturated heterocycles. The number of hydrogen-bond acceptors (Lipinski definition) is 5. The van der Waals surface area contributed by atoms with Crippen LogP contribution in [0.25, 0.3) is 11.0 Å². The Labute approximate surface area is 217 Å². The fourth-order valence-corrected chi connectivity index (χ4v) is 5.51. The van der Waals surface area contributed by atoms with Crippen LogP contribution in [0.2, 0.25) is 0 Å². The average molecular weight is 531 g/mol. The van der Waals surface area contributed by atoms with E-state index in [0.717, 1.165) is 40.7 Å². The van der Waals surface area contributed by atoms with Gasteiger partial charge in [0, 0.05) is 36.8 Å². The van der Waals surface area contributed by atoms with Gasteiger partial charge in [-0.25, -0.2) is 4.98 Å². The Morgan fingerprint density at radius 3 is 2.50 bits per heavy atom. The summed E-state index contributed by atoms with van der Waals surface area (Å²) in [5.74, 6) is -0.860. The lowest BCUT2D eigenvalue weighted by molar-refractivity contribution is -0.274. The van der Waals surface area contributed by atoms with Crippen LogP contribution in [0.15, 0.2) is 42.6 Å². The summed E-state index contributed by atoms with van der Waals surface area (Å²) in [6.07, 6.45) is -0.623. The van der Waals surface area contributed by atoms with E-state index in [1.165, 1.54) is 12.1 Å². The van der Waals surface area contributed by atoms with E-state index in [0.29, 0.717) is 45.7 Å². The molecule has 8 nitrogen and oxygen atoms in total. The maximum Gasteiger partial charge on any atom is 0.573 e. The Bertz CT molecular complexity index is 1310. The highest BCUT2D eigenvalue weighted by Crippen LogP contribution is 2.31. The van der Waals surface area contributed by atoms with Gasteiger partial charge in [0.25, 0.3) is 0 Å². The Morgan fingerprint density at radius 1 is 1.08 bits per heavy atom. The van der Waals surface area contributed by atoms with Crippen molar-refractivity contribution in [2.75, 3.05) is 26.2 Å². The second kappa shape index (κ2) is 10.6. The second-order valence-electron chi connectivity index (χ2n) is 9.96. The number of likely N-dealkylation sites (tertiary alicyclic amines) is 1. The van der Waals surface area contributed by atoms with Crippen LogP contribution < -0.4 is 4.74 Å². The van der Waals surface area contributed by atoms with Gasteiger partial charge in [-0.3, -0.25) is 14.5 Å². The van der Waals surface area contributed by atoms with Crippen molar-refractivity contribution < 1.29 is 32.6 Å². The van der Waals surface area contributed by atoms with Gasteiger partial charge in [-0.05, 0) is 73.7 Å². The summed E-state index contributed by atoms with van der Waals surface area (Å²) in [6, 6.07) is 9.68.